The first kappa shape index (κ1) is 18.6. The third-order valence-electron chi connectivity index (χ3n) is 4.57. The number of hydrogen-bond donors (Lipinski definition) is 1. The van der Waals surface area contributed by atoms with Gasteiger partial charge in [-0.25, -0.2) is 4.79 Å². The molecule has 7 nitrogen and oxygen atoms in total. The van der Waals surface area contributed by atoms with E-state index in [1.807, 2.05) is 30.3 Å². The molecule has 148 valence electrons. The molecule has 1 aliphatic rings. The van der Waals surface area contributed by atoms with E-state index in [2.05, 4.69) is 10.2 Å². The number of fused-ring (bicyclic) bond motifs is 1. The highest BCUT2D eigenvalue weighted by molar-refractivity contribution is 6.02. The van der Waals surface area contributed by atoms with Gasteiger partial charge in [-0.2, -0.15) is 5.10 Å². The molecule has 1 atom stereocenters. The van der Waals surface area contributed by atoms with Crippen molar-refractivity contribution in [2.24, 2.45) is 0 Å². The van der Waals surface area contributed by atoms with Crippen molar-refractivity contribution in [2.75, 3.05) is 14.2 Å². The van der Waals surface area contributed by atoms with Crippen molar-refractivity contribution < 1.29 is 23.7 Å². The highest BCUT2D eigenvalue weighted by Gasteiger charge is 2.20. The van der Waals surface area contributed by atoms with Crippen LogP contribution < -0.4 is 4.74 Å². The maximum absolute atomic E-state index is 12.0. The van der Waals surface area contributed by atoms with E-state index in [0.717, 1.165) is 5.56 Å². The normalized spacial score (nSPS) is 15.8. The molecule has 0 saturated heterocycles. The molecule has 0 fully saturated rings. The monoisotopic (exact) mass is 392 g/mol. The Bertz CT molecular complexity index is 1090. The number of aromatic amines is 1. The van der Waals surface area contributed by atoms with Crippen LogP contribution in [0.3, 0.4) is 0 Å². The Morgan fingerprint density at radius 1 is 1.17 bits per heavy atom. The lowest BCUT2D eigenvalue weighted by Gasteiger charge is -2.10. The SMILES string of the molecule is COC(=O)c1ccc2n[nH]c(C=CC3=COC(Cc4ccccc4)O3)c2c1OC. The van der Waals surface area contributed by atoms with E-state index in [4.69, 9.17) is 18.9 Å². The number of carbonyl (C=O) groups is 1. The van der Waals surface area contributed by atoms with Crippen LogP contribution in [0.4, 0.5) is 0 Å². The van der Waals surface area contributed by atoms with E-state index < -0.39 is 5.97 Å². The average Bonchev–Trinajstić information content (AvgIpc) is 3.38. The van der Waals surface area contributed by atoms with Gasteiger partial charge in [0.1, 0.15) is 17.6 Å². The fraction of sp³-hybridized carbons (Fsp3) is 0.182. The van der Waals surface area contributed by atoms with Crippen LogP contribution in [0.25, 0.3) is 17.0 Å². The summed E-state index contributed by atoms with van der Waals surface area (Å²) in [5, 5.41) is 7.91. The summed E-state index contributed by atoms with van der Waals surface area (Å²) < 4.78 is 21.7. The Labute approximate surface area is 167 Å². The lowest BCUT2D eigenvalue weighted by molar-refractivity contribution is -0.0268. The third kappa shape index (κ3) is 3.80. The molecule has 0 radical (unpaired) electrons. The number of ether oxygens (including phenoxy) is 4. The zero-order chi connectivity index (χ0) is 20.2. The molecular weight excluding hydrogens is 372 g/mol. The second kappa shape index (κ2) is 8.10. The van der Waals surface area contributed by atoms with E-state index in [-0.39, 0.29) is 6.29 Å². The average molecular weight is 392 g/mol. The molecule has 0 saturated carbocycles. The molecule has 7 heteroatoms. The van der Waals surface area contributed by atoms with Crippen LogP contribution >= 0.6 is 0 Å². The number of benzene rings is 2. The van der Waals surface area contributed by atoms with E-state index in [1.54, 1.807) is 30.5 Å². The molecule has 3 aromatic rings. The second-order valence-electron chi connectivity index (χ2n) is 6.40. The van der Waals surface area contributed by atoms with Gasteiger partial charge in [-0.3, -0.25) is 5.10 Å². The number of aromatic nitrogens is 2. The Morgan fingerprint density at radius 2 is 2.00 bits per heavy atom. The van der Waals surface area contributed by atoms with Gasteiger partial charge in [0, 0.05) is 6.42 Å². The summed E-state index contributed by atoms with van der Waals surface area (Å²) in [6, 6.07) is 13.4. The van der Waals surface area contributed by atoms with Crippen molar-refractivity contribution >= 4 is 22.9 Å². The molecule has 1 aliphatic heterocycles. The Hall–Kier alpha value is -3.74. The number of H-pyrrole nitrogens is 1. The molecule has 0 bridgehead atoms. The zero-order valence-electron chi connectivity index (χ0n) is 16.0. The van der Waals surface area contributed by atoms with Gasteiger partial charge in [-0.15, -0.1) is 0 Å². The fourth-order valence-electron chi connectivity index (χ4n) is 3.20. The minimum atomic E-state index is -0.473. The number of nitrogens with zero attached hydrogens (tertiary/aromatic N) is 1. The fourth-order valence-corrected chi connectivity index (χ4v) is 3.20. The Kier molecular flexibility index (Phi) is 5.20. The number of nitrogens with one attached hydrogen (secondary N) is 1. The molecule has 0 spiro atoms. The van der Waals surface area contributed by atoms with Crippen molar-refractivity contribution in [1.29, 1.82) is 0 Å². The smallest absolute Gasteiger partial charge is 0.341 e. The van der Waals surface area contributed by atoms with Crippen molar-refractivity contribution in [3.63, 3.8) is 0 Å². The summed E-state index contributed by atoms with van der Waals surface area (Å²) in [6.45, 7) is 0. The lowest BCUT2D eigenvalue weighted by atomic mass is 10.1. The molecule has 29 heavy (non-hydrogen) atoms. The number of methoxy groups -OCH3 is 2. The number of esters is 1. The summed E-state index contributed by atoms with van der Waals surface area (Å²) in [5.74, 6) is 0.526. The second-order valence-corrected chi connectivity index (χ2v) is 6.40. The van der Waals surface area contributed by atoms with Crippen LogP contribution in [-0.4, -0.2) is 36.7 Å². The lowest BCUT2D eigenvalue weighted by Crippen LogP contribution is -2.11. The predicted molar refractivity (Wildman–Crippen MR) is 107 cm³/mol. The molecule has 2 heterocycles. The molecule has 1 unspecified atom stereocenters. The van der Waals surface area contributed by atoms with Crippen molar-refractivity contribution in [3.05, 3.63) is 77.4 Å². The van der Waals surface area contributed by atoms with Gasteiger partial charge in [-0.1, -0.05) is 30.3 Å². The van der Waals surface area contributed by atoms with Crippen LogP contribution in [0.5, 0.6) is 5.75 Å². The summed E-state index contributed by atoms with van der Waals surface area (Å²) in [7, 11) is 2.84. The first-order valence-corrected chi connectivity index (χ1v) is 9.07. The van der Waals surface area contributed by atoms with Gasteiger partial charge in [-0.05, 0) is 29.8 Å². The van der Waals surface area contributed by atoms with Crippen LogP contribution in [0.1, 0.15) is 21.6 Å². The zero-order valence-corrected chi connectivity index (χ0v) is 16.0. The predicted octanol–water partition coefficient (Wildman–Crippen LogP) is 3.83. The summed E-state index contributed by atoms with van der Waals surface area (Å²) in [6.07, 6.45) is 5.45. The number of hydrogen-bond acceptors (Lipinski definition) is 6. The quantitative estimate of drug-likeness (QED) is 0.642. The standard InChI is InChI=1S/C22H20N2O5/c1-26-21-16(22(25)27-2)9-11-18-20(21)17(23-24-18)10-8-15-13-28-19(29-15)12-14-6-4-3-5-7-14/h3-11,13,19H,12H2,1-2H3,(H,23,24). The molecule has 4 rings (SSSR count). The van der Waals surface area contributed by atoms with Gasteiger partial charge in [0.05, 0.1) is 30.8 Å². The maximum Gasteiger partial charge on any atom is 0.341 e. The number of carbonyl (C=O) groups excluding carboxylic acids is 1. The van der Waals surface area contributed by atoms with Gasteiger partial charge >= 0.3 is 5.97 Å². The van der Waals surface area contributed by atoms with Gasteiger partial charge in [0.25, 0.3) is 0 Å². The van der Waals surface area contributed by atoms with Gasteiger partial charge < -0.3 is 18.9 Å². The molecule has 1 aromatic heterocycles. The summed E-state index contributed by atoms with van der Waals surface area (Å²) in [4.78, 5) is 12.0. The minimum absolute atomic E-state index is 0.334. The minimum Gasteiger partial charge on any atom is -0.495 e. The van der Waals surface area contributed by atoms with Crippen molar-refractivity contribution in [3.8, 4) is 5.75 Å². The largest absolute Gasteiger partial charge is 0.495 e. The summed E-state index contributed by atoms with van der Waals surface area (Å²) >= 11 is 0. The highest BCUT2D eigenvalue weighted by Crippen LogP contribution is 2.32. The molecule has 2 aromatic carbocycles. The van der Waals surface area contributed by atoms with Gasteiger partial charge in [0.15, 0.2) is 5.76 Å². The van der Waals surface area contributed by atoms with Crippen molar-refractivity contribution in [1.82, 2.24) is 10.2 Å². The molecular formula is C22H20N2O5. The Morgan fingerprint density at radius 3 is 2.76 bits per heavy atom. The Balaban J connectivity index is 1.54. The van der Waals surface area contributed by atoms with Crippen LogP contribution in [0, 0.1) is 0 Å². The first-order chi connectivity index (χ1) is 14.2. The first-order valence-electron chi connectivity index (χ1n) is 9.07. The number of allylic oxidation sites excluding steroid dienone is 1. The molecule has 1 N–H and O–H groups in total. The topological polar surface area (TPSA) is 82.7 Å². The van der Waals surface area contributed by atoms with Gasteiger partial charge in [0.2, 0.25) is 6.29 Å². The van der Waals surface area contributed by atoms with E-state index in [0.29, 0.717) is 40.1 Å². The maximum atomic E-state index is 12.0. The van der Waals surface area contributed by atoms with E-state index >= 15 is 0 Å². The molecule has 0 amide bonds. The third-order valence-corrected chi connectivity index (χ3v) is 4.57. The van der Waals surface area contributed by atoms with Crippen LogP contribution in [0.2, 0.25) is 0 Å². The van der Waals surface area contributed by atoms with E-state index in [1.165, 1.54) is 14.2 Å². The van der Waals surface area contributed by atoms with Crippen molar-refractivity contribution in [2.45, 2.75) is 12.7 Å². The van der Waals surface area contributed by atoms with Crippen LogP contribution in [-0.2, 0) is 20.6 Å². The highest BCUT2D eigenvalue weighted by atomic mass is 16.7. The number of rotatable bonds is 6. The molecule has 0 aliphatic carbocycles. The summed E-state index contributed by atoms with van der Waals surface area (Å²) in [5.41, 5.74) is 2.82. The van der Waals surface area contributed by atoms with Crippen LogP contribution in [0.15, 0.2) is 60.6 Å². The van der Waals surface area contributed by atoms with E-state index in [9.17, 15) is 4.79 Å².